The number of amides is 3. The van der Waals surface area contributed by atoms with Crippen LogP contribution in [0.5, 0.6) is 5.75 Å². The molecule has 9 heteroatoms. The molecule has 0 radical (unpaired) electrons. The van der Waals surface area contributed by atoms with Crippen LogP contribution in [-0.4, -0.2) is 51.4 Å². The van der Waals surface area contributed by atoms with Crippen LogP contribution in [0.1, 0.15) is 62.8 Å². The number of phenols is 1. The van der Waals surface area contributed by atoms with Gasteiger partial charge < -0.3 is 25.4 Å². The predicted molar refractivity (Wildman–Crippen MR) is 147 cm³/mol. The van der Waals surface area contributed by atoms with Crippen LogP contribution in [0.2, 0.25) is 0 Å². The zero-order valence-electron chi connectivity index (χ0n) is 22.1. The molecule has 0 spiro atoms. The van der Waals surface area contributed by atoms with Crippen molar-refractivity contribution in [1.82, 2.24) is 10.2 Å². The Balaban J connectivity index is 2.02. The van der Waals surface area contributed by atoms with Crippen LogP contribution in [0, 0.1) is 13.8 Å². The van der Waals surface area contributed by atoms with Gasteiger partial charge in [-0.3, -0.25) is 9.59 Å². The summed E-state index contributed by atoms with van der Waals surface area (Å²) in [7, 11) is 0. The zero-order chi connectivity index (χ0) is 27.3. The highest BCUT2D eigenvalue weighted by molar-refractivity contribution is 7.80. The van der Waals surface area contributed by atoms with E-state index >= 15 is 0 Å². The molecule has 3 N–H and O–H groups in total. The number of thiol groups is 1. The minimum atomic E-state index is -1.12. The predicted octanol–water partition coefficient (Wildman–Crippen LogP) is 4.89. The number of ether oxygens (including phenoxy) is 1. The van der Waals surface area contributed by atoms with Gasteiger partial charge in [0.05, 0.1) is 0 Å². The first-order valence-electron chi connectivity index (χ1n) is 12.5. The molecule has 1 aliphatic rings. The first kappa shape index (κ1) is 28.4. The Morgan fingerprint density at radius 3 is 2.22 bits per heavy atom. The summed E-state index contributed by atoms with van der Waals surface area (Å²) in [5, 5.41) is 16.4. The second kappa shape index (κ2) is 11.9. The van der Waals surface area contributed by atoms with Crippen LogP contribution in [0.15, 0.2) is 42.5 Å². The lowest BCUT2D eigenvalue weighted by molar-refractivity contribution is -0.145. The molecular formula is C28H37N3O5S. The lowest BCUT2D eigenvalue weighted by Crippen LogP contribution is -2.57. The molecule has 0 heterocycles. The number of para-hydroxylation sites is 2. The number of nitrogens with zero attached hydrogens (tertiary/aromatic N) is 1. The fourth-order valence-corrected chi connectivity index (χ4v) is 4.58. The zero-order valence-corrected chi connectivity index (χ0v) is 23.0. The van der Waals surface area contributed by atoms with Gasteiger partial charge in [-0.15, -0.1) is 0 Å². The summed E-state index contributed by atoms with van der Waals surface area (Å²) >= 11 is 4.32. The van der Waals surface area contributed by atoms with Gasteiger partial charge in [-0.25, -0.2) is 4.79 Å². The maximum atomic E-state index is 14.0. The van der Waals surface area contributed by atoms with Crippen LogP contribution in [0.4, 0.5) is 10.5 Å². The third-order valence-electron chi connectivity index (χ3n) is 6.38. The van der Waals surface area contributed by atoms with Crippen molar-refractivity contribution in [1.29, 1.82) is 0 Å². The van der Waals surface area contributed by atoms with E-state index in [9.17, 15) is 19.5 Å². The first-order chi connectivity index (χ1) is 17.4. The molecule has 0 saturated heterocycles. The summed E-state index contributed by atoms with van der Waals surface area (Å²) in [6, 6.07) is 9.83. The minimum absolute atomic E-state index is 0.00725. The van der Waals surface area contributed by atoms with Gasteiger partial charge in [-0.1, -0.05) is 36.4 Å². The number of anilines is 1. The Morgan fingerprint density at radius 2 is 1.70 bits per heavy atom. The van der Waals surface area contributed by atoms with Crippen LogP contribution in [0.25, 0.3) is 0 Å². The van der Waals surface area contributed by atoms with E-state index in [-0.39, 0.29) is 17.5 Å². The number of phenolic OH excluding ortho intramolecular Hbond substituents is 1. The highest BCUT2D eigenvalue weighted by Gasteiger charge is 2.42. The molecule has 0 aliphatic heterocycles. The summed E-state index contributed by atoms with van der Waals surface area (Å²) < 4.78 is 5.34. The van der Waals surface area contributed by atoms with E-state index in [1.807, 2.05) is 32.0 Å². The van der Waals surface area contributed by atoms with Crippen molar-refractivity contribution in [3.05, 3.63) is 59.2 Å². The Bertz CT molecular complexity index is 1120. The molecule has 2 aromatic carbocycles. The first-order valence-corrected chi connectivity index (χ1v) is 13.1. The van der Waals surface area contributed by atoms with E-state index in [4.69, 9.17) is 4.74 Å². The average molecular weight is 528 g/mol. The molecule has 1 saturated carbocycles. The number of benzene rings is 2. The molecule has 0 aromatic heterocycles. The summed E-state index contributed by atoms with van der Waals surface area (Å²) in [6.07, 6.45) is 1.58. The van der Waals surface area contributed by atoms with Gasteiger partial charge in [-0.05, 0) is 71.1 Å². The second-order valence-corrected chi connectivity index (χ2v) is 10.8. The smallest absolute Gasteiger partial charge is 0.408 e. The number of aromatic hydroxyl groups is 1. The topological polar surface area (TPSA) is 108 Å². The standard InChI is InChI=1S/C28H37N3O5S/c1-17-10-8-11-18(2)23(17)30-25(33)24(20-14-6-7-15-22(20)32)31(19-12-9-13-19)26(34)21(16-37)29-27(35)36-28(3,4)5/h6-8,10-11,14-15,19,21,24,32,37H,9,12-13,16H2,1-5H3,(H,29,35)(H,30,33). The molecule has 37 heavy (non-hydrogen) atoms. The Labute approximate surface area is 224 Å². The number of alkyl carbamates (subject to hydrolysis) is 1. The Kier molecular flexibility index (Phi) is 9.12. The van der Waals surface area contributed by atoms with Crippen molar-refractivity contribution >= 4 is 36.2 Å². The molecule has 2 aromatic rings. The van der Waals surface area contributed by atoms with Gasteiger partial charge in [0, 0.05) is 23.0 Å². The summed E-state index contributed by atoms with van der Waals surface area (Å²) in [5.74, 6) is -0.999. The number of carbonyl (C=O) groups is 3. The van der Waals surface area contributed by atoms with E-state index in [0.717, 1.165) is 17.5 Å². The maximum Gasteiger partial charge on any atom is 0.408 e. The van der Waals surface area contributed by atoms with E-state index < -0.39 is 35.6 Å². The van der Waals surface area contributed by atoms with Gasteiger partial charge >= 0.3 is 6.09 Å². The molecule has 2 unspecified atom stereocenters. The van der Waals surface area contributed by atoms with E-state index in [2.05, 4.69) is 23.3 Å². The molecular weight excluding hydrogens is 490 g/mol. The van der Waals surface area contributed by atoms with Gasteiger partial charge in [-0.2, -0.15) is 12.6 Å². The van der Waals surface area contributed by atoms with Crippen LogP contribution in [-0.2, 0) is 14.3 Å². The van der Waals surface area contributed by atoms with Crippen molar-refractivity contribution in [2.75, 3.05) is 11.1 Å². The molecule has 1 aliphatic carbocycles. The van der Waals surface area contributed by atoms with Crippen LogP contribution in [0.3, 0.4) is 0 Å². The lowest BCUT2D eigenvalue weighted by Gasteiger charge is -2.43. The van der Waals surface area contributed by atoms with Crippen molar-refractivity contribution in [2.24, 2.45) is 0 Å². The second-order valence-electron chi connectivity index (χ2n) is 10.4. The maximum absolute atomic E-state index is 14.0. The van der Waals surface area contributed by atoms with E-state index in [1.54, 1.807) is 39.0 Å². The largest absolute Gasteiger partial charge is 0.508 e. The quantitative estimate of drug-likeness (QED) is 0.366. The molecule has 1 fully saturated rings. The van der Waals surface area contributed by atoms with Gasteiger partial charge in [0.25, 0.3) is 5.91 Å². The highest BCUT2D eigenvalue weighted by atomic mass is 32.1. The van der Waals surface area contributed by atoms with Crippen molar-refractivity contribution in [2.45, 2.75) is 77.6 Å². The van der Waals surface area contributed by atoms with E-state index in [0.29, 0.717) is 24.1 Å². The molecule has 200 valence electrons. The van der Waals surface area contributed by atoms with Crippen molar-refractivity contribution in [3.8, 4) is 5.75 Å². The molecule has 3 amide bonds. The lowest BCUT2D eigenvalue weighted by atomic mass is 9.88. The van der Waals surface area contributed by atoms with Gasteiger partial charge in [0.1, 0.15) is 23.4 Å². The molecule has 2 atom stereocenters. The van der Waals surface area contributed by atoms with Crippen molar-refractivity contribution in [3.63, 3.8) is 0 Å². The fraction of sp³-hybridized carbons (Fsp3) is 0.464. The fourth-order valence-electron chi connectivity index (χ4n) is 4.34. The number of aryl methyl sites for hydroxylation is 2. The SMILES string of the molecule is Cc1cccc(C)c1NC(=O)C(c1ccccc1O)N(C(=O)C(CS)NC(=O)OC(C)(C)C)C1CCC1. The Morgan fingerprint density at radius 1 is 1.08 bits per heavy atom. The summed E-state index contributed by atoms with van der Waals surface area (Å²) in [4.78, 5) is 41.9. The number of carbonyl (C=O) groups excluding carboxylic acids is 3. The summed E-state index contributed by atoms with van der Waals surface area (Å²) in [5.41, 5.74) is 1.98. The van der Waals surface area contributed by atoms with Crippen LogP contribution < -0.4 is 10.6 Å². The number of rotatable bonds is 8. The van der Waals surface area contributed by atoms with Gasteiger partial charge in [0.2, 0.25) is 5.91 Å². The molecule has 8 nitrogen and oxygen atoms in total. The highest BCUT2D eigenvalue weighted by Crippen LogP contribution is 2.37. The molecule has 3 rings (SSSR count). The number of nitrogens with one attached hydrogen (secondary N) is 2. The van der Waals surface area contributed by atoms with Crippen molar-refractivity contribution < 1.29 is 24.2 Å². The number of hydrogen-bond donors (Lipinski definition) is 4. The third kappa shape index (κ3) is 6.97. The monoisotopic (exact) mass is 527 g/mol. The van der Waals surface area contributed by atoms with Crippen LogP contribution >= 0.6 is 12.6 Å². The van der Waals surface area contributed by atoms with Gasteiger partial charge in [0.15, 0.2) is 0 Å². The number of hydrogen-bond acceptors (Lipinski definition) is 6. The molecule has 0 bridgehead atoms. The van der Waals surface area contributed by atoms with E-state index in [1.165, 1.54) is 11.0 Å². The minimum Gasteiger partial charge on any atom is -0.508 e. The normalized spacial score (nSPS) is 15.2. The third-order valence-corrected chi connectivity index (χ3v) is 6.75. The Hall–Kier alpha value is -3.20. The summed E-state index contributed by atoms with van der Waals surface area (Å²) in [6.45, 7) is 8.99. The average Bonchev–Trinajstić information content (AvgIpc) is 2.78.